The molecule has 0 bridgehead atoms. The predicted octanol–water partition coefficient (Wildman–Crippen LogP) is -0.744. The van der Waals surface area contributed by atoms with Crippen molar-refractivity contribution in [2.24, 2.45) is 11.1 Å². The Kier molecular flexibility index (Phi) is 5.48. The van der Waals surface area contributed by atoms with Crippen LogP contribution in [0.15, 0.2) is 0 Å². The van der Waals surface area contributed by atoms with Crippen LogP contribution in [0.25, 0.3) is 0 Å². The van der Waals surface area contributed by atoms with E-state index in [0.29, 0.717) is 13.1 Å². The lowest BCUT2D eigenvalue weighted by Gasteiger charge is -2.29. The Morgan fingerprint density at radius 2 is 2.00 bits per heavy atom. The van der Waals surface area contributed by atoms with Crippen LogP contribution in [0.1, 0.15) is 13.8 Å². The van der Waals surface area contributed by atoms with E-state index in [1.165, 1.54) is 0 Å². The van der Waals surface area contributed by atoms with E-state index in [2.05, 4.69) is 13.8 Å². The summed E-state index contributed by atoms with van der Waals surface area (Å²) in [6.07, 6.45) is -0.654. The van der Waals surface area contributed by atoms with Gasteiger partial charge in [-0.05, 0) is 19.0 Å². The van der Waals surface area contributed by atoms with Gasteiger partial charge in [0, 0.05) is 13.1 Å². The number of aliphatic hydroxyl groups excluding tert-OH is 2. The van der Waals surface area contributed by atoms with Gasteiger partial charge in [0.2, 0.25) is 0 Å². The van der Waals surface area contributed by atoms with Gasteiger partial charge in [0.15, 0.2) is 0 Å². The van der Waals surface area contributed by atoms with Crippen LogP contribution < -0.4 is 5.73 Å². The predicted molar refractivity (Wildman–Crippen MR) is 53.4 cm³/mol. The van der Waals surface area contributed by atoms with Gasteiger partial charge in [-0.2, -0.15) is 0 Å². The molecule has 13 heavy (non-hydrogen) atoms. The van der Waals surface area contributed by atoms with Crippen molar-refractivity contribution in [1.82, 2.24) is 4.90 Å². The zero-order chi connectivity index (χ0) is 10.5. The van der Waals surface area contributed by atoms with Crippen LogP contribution in [-0.2, 0) is 0 Å². The standard InChI is InChI=1S/C9H22N2O2/c1-9(2,6-10)7-11(3)4-8(13)5-12/h8,12-13H,4-7,10H2,1-3H3. The number of rotatable bonds is 6. The topological polar surface area (TPSA) is 69.7 Å². The summed E-state index contributed by atoms with van der Waals surface area (Å²) in [6, 6.07) is 0. The van der Waals surface area contributed by atoms with Gasteiger partial charge in [0.25, 0.3) is 0 Å². The van der Waals surface area contributed by atoms with Gasteiger partial charge in [-0.25, -0.2) is 0 Å². The first-order valence-electron chi connectivity index (χ1n) is 4.59. The van der Waals surface area contributed by atoms with Crippen molar-refractivity contribution in [3.05, 3.63) is 0 Å². The molecule has 0 saturated heterocycles. The first kappa shape index (κ1) is 12.8. The van der Waals surface area contributed by atoms with Crippen LogP contribution in [0.5, 0.6) is 0 Å². The molecule has 0 aromatic heterocycles. The summed E-state index contributed by atoms with van der Waals surface area (Å²) in [5.74, 6) is 0. The molecule has 0 aromatic carbocycles. The molecule has 0 heterocycles. The van der Waals surface area contributed by atoms with E-state index in [1.807, 2.05) is 11.9 Å². The lowest BCUT2D eigenvalue weighted by atomic mass is 9.93. The number of aliphatic hydroxyl groups is 2. The highest BCUT2D eigenvalue weighted by molar-refractivity contribution is 4.74. The van der Waals surface area contributed by atoms with E-state index in [1.54, 1.807) is 0 Å². The maximum absolute atomic E-state index is 9.17. The van der Waals surface area contributed by atoms with E-state index in [9.17, 15) is 5.11 Å². The molecule has 0 amide bonds. The van der Waals surface area contributed by atoms with Gasteiger partial charge in [0.1, 0.15) is 0 Å². The zero-order valence-corrected chi connectivity index (χ0v) is 8.82. The monoisotopic (exact) mass is 190 g/mol. The van der Waals surface area contributed by atoms with Crippen LogP contribution in [0.4, 0.5) is 0 Å². The summed E-state index contributed by atoms with van der Waals surface area (Å²) in [5, 5.41) is 17.8. The van der Waals surface area contributed by atoms with Crippen LogP contribution in [0.2, 0.25) is 0 Å². The Morgan fingerprint density at radius 3 is 2.38 bits per heavy atom. The molecule has 0 radical (unpaired) electrons. The fraction of sp³-hybridized carbons (Fsp3) is 1.00. The normalized spacial score (nSPS) is 15.0. The van der Waals surface area contributed by atoms with Crippen LogP contribution in [0.3, 0.4) is 0 Å². The number of hydrogen-bond acceptors (Lipinski definition) is 4. The van der Waals surface area contributed by atoms with Crippen molar-refractivity contribution in [1.29, 1.82) is 0 Å². The highest BCUT2D eigenvalue weighted by Crippen LogP contribution is 2.13. The molecule has 4 heteroatoms. The quantitative estimate of drug-likeness (QED) is 0.516. The smallest absolute Gasteiger partial charge is 0.0897 e. The van der Waals surface area contributed by atoms with Gasteiger partial charge in [0.05, 0.1) is 12.7 Å². The minimum atomic E-state index is -0.654. The Balaban J connectivity index is 3.79. The molecule has 0 aliphatic carbocycles. The van der Waals surface area contributed by atoms with E-state index in [4.69, 9.17) is 10.8 Å². The average Bonchev–Trinajstić information content (AvgIpc) is 2.03. The van der Waals surface area contributed by atoms with Crippen LogP contribution in [0, 0.1) is 5.41 Å². The second-order valence-electron chi connectivity index (χ2n) is 4.40. The van der Waals surface area contributed by atoms with Crippen molar-refractivity contribution in [2.45, 2.75) is 20.0 Å². The Hall–Kier alpha value is -0.160. The summed E-state index contributed by atoms with van der Waals surface area (Å²) in [5.41, 5.74) is 5.64. The van der Waals surface area contributed by atoms with E-state index >= 15 is 0 Å². The largest absolute Gasteiger partial charge is 0.394 e. The van der Waals surface area contributed by atoms with Gasteiger partial charge < -0.3 is 20.8 Å². The van der Waals surface area contributed by atoms with Crippen molar-refractivity contribution < 1.29 is 10.2 Å². The van der Waals surface area contributed by atoms with Crippen LogP contribution >= 0.6 is 0 Å². The minimum Gasteiger partial charge on any atom is -0.394 e. The summed E-state index contributed by atoms with van der Waals surface area (Å²) in [7, 11) is 1.91. The number of nitrogens with two attached hydrogens (primary N) is 1. The Labute approximate surface area is 80.3 Å². The third kappa shape index (κ3) is 5.99. The molecule has 1 unspecified atom stereocenters. The van der Waals surface area contributed by atoms with Crippen molar-refractivity contribution >= 4 is 0 Å². The van der Waals surface area contributed by atoms with E-state index < -0.39 is 6.10 Å². The number of nitrogens with zero attached hydrogens (tertiary/aromatic N) is 1. The van der Waals surface area contributed by atoms with Crippen molar-refractivity contribution in [3.8, 4) is 0 Å². The summed E-state index contributed by atoms with van der Waals surface area (Å²) < 4.78 is 0. The number of likely N-dealkylation sites (N-methyl/N-ethyl adjacent to an activating group) is 1. The fourth-order valence-electron chi connectivity index (χ4n) is 1.28. The van der Waals surface area contributed by atoms with E-state index in [0.717, 1.165) is 6.54 Å². The van der Waals surface area contributed by atoms with Gasteiger partial charge in [-0.1, -0.05) is 13.8 Å². The molecule has 0 aliphatic heterocycles. The third-order valence-corrected chi connectivity index (χ3v) is 1.98. The van der Waals surface area contributed by atoms with Crippen molar-refractivity contribution in [3.63, 3.8) is 0 Å². The zero-order valence-electron chi connectivity index (χ0n) is 8.82. The summed E-state index contributed by atoms with van der Waals surface area (Å²) in [6.45, 7) is 5.89. The molecule has 0 spiro atoms. The first-order chi connectivity index (χ1) is 5.91. The van der Waals surface area contributed by atoms with Crippen molar-refractivity contribution in [2.75, 3.05) is 33.3 Å². The Morgan fingerprint density at radius 1 is 1.46 bits per heavy atom. The fourth-order valence-corrected chi connectivity index (χ4v) is 1.28. The second-order valence-corrected chi connectivity index (χ2v) is 4.40. The molecule has 1 atom stereocenters. The molecule has 0 fully saturated rings. The SMILES string of the molecule is CN(CC(O)CO)CC(C)(C)CN. The molecule has 4 nitrogen and oxygen atoms in total. The highest BCUT2D eigenvalue weighted by Gasteiger charge is 2.19. The maximum atomic E-state index is 9.17. The molecule has 0 saturated carbocycles. The summed E-state index contributed by atoms with van der Waals surface area (Å²) >= 11 is 0. The van der Waals surface area contributed by atoms with Gasteiger partial charge >= 0.3 is 0 Å². The second kappa shape index (κ2) is 5.54. The molecule has 0 aliphatic rings. The highest BCUT2D eigenvalue weighted by atomic mass is 16.3. The molecule has 80 valence electrons. The molecule has 0 aromatic rings. The molecule has 4 N–H and O–H groups in total. The average molecular weight is 190 g/mol. The molecular formula is C9H22N2O2. The number of hydrogen-bond donors (Lipinski definition) is 3. The molecule has 0 rings (SSSR count). The molecular weight excluding hydrogens is 168 g/mol. The maximum Gasteiger partial charge on any atom is 0.0897 e. The Bertz CT molecular complexity index is 140. The first-order valence-corrected chi connectivity index (χ1v) is 4.59. The van der Waals surface area contributed by atoms with Gasteiger partial charge in [-0.15, -0.1) is 0 Å². The van der Waals surface area contributed by atoms with E-state index in [-0.39, 0.29) is 12.0 Å². The van der Waals surface area contributed by atoms with Crippen LogP contribution in [-0.4, -0.2) is 54.5 Å². The lowest BCUT2D eigenvalue weighted by Crippen LogP contribution is -2.40. The lowest BCUT2D eigenvalue weighted by molar-refractivity contribution is 0.0571. The minimum absolute atomic E-state index is 0.0595. The van der Waals surface area contributed by atoms with Gasteiger partial charge in [-0.3, -0.25) is 0 Å². The third-order valence-electron chi connectivity index (χ3n) is 1.98. The summed E-state index contributed by atoms with van der Waals surface area (Å²) in [4.78, 5) is 1.98.